The first-order chi connectivity index (χ1) is 9.66. The Balaban J connectivity index is 1.71. The van der Waals surface area contributed by atoms with Crippen LogP contribution >= 0.6 is 0 Å². The van der Waals surface area contributed by atoms with Crippen molar-refractivity contribution in [2.75, 3.05) is 6.61 Å². The molecular weight excluding hydrogens is 258 g/mol. The number of allylic oxidation sites excluding steroid dienone is 2. The molecule has 3 heteroatoms. The molecule has 0 aromatic heterocycles. The number of fused-ring (bicyclic) bond motifs is 1. The zero-order valence-corrected chi connectivity index (χ0v) is 11.5. The van der Waals surface area contributed by atoms with E-state index in [1.165, 1.54) is 6.42 Å². The van der Waals surface area contributed by atoms with E-state index in [2.05, 4.69) is 13.0 Å². The summed E-state index contributed by atoms with van der Waals surface area (Å²) >= 11 is 0. The molecule has 106 valence electrons. The lowest BCUT2D eigenvalue weighted by atomic mass is 9.87. The summed E-state index contributed by atoms with van der Waals surface area (Å²) in [6.07, 6.45) is 5.19. The van der Waals surface area contributed by atoms with Crippen molar-refractivity contribution in [3.8, 4) is 0 Å². The summed E-state index contributed by atoms with van der Waals surface area (Å²) in [5.74, 6) is 0.325. The second kappa shape index (κ2) is 4.39. The predicted octanol–water partition coefficient (Wildman–Crippen LogP) is 4.49. The normalized spacial score (nSPS) is 35.0. The smallest absolute Gasteiger partial charge is 0.166 e. The fourth-order valence-electron chi connectivity index (χ4n) is 4.04. The lowest BCUT2D eigenvalue weighted by Crippen LogP contribution is -2.09. The summed E-state index contributed by atoms with van der Waals surface area (Å²) in [6.45, 7) is 2.77. The van der Waals surface area contributed by atoms with Gasteiger partial charge in [0.25, 0.3) is 0 Å². The maximum atomic E-state index is 14.4. The van der Waals surface area contributed by atoms with E-state index in [9.17, 15) is 8.78 Å². The van der Waals surface area contributed by atoms with E-state index in [0.29, 0.717) is 35.5 Å². The van der Waals surface area contributed by atoms with Crippen LogP contribution in [-0.2, 0) is 4.74 Å². The third-order valence-corrected chi connectivity index (χ3v) is 5.29. The second-order valence-electron chi connectivity index (χ2n) is 6.37. The highest BCUT2D eigenvalue weighted by Crippen LogP contribution is 2.51. The Morgan fingerprint density at radius 1 is 1.15 bits per heavy atom. The number of ether oxygens (including phenoxy) is 1. The molecule has 4 unspecified atom stereocenters. The topological polar surface area (TPSA) is 12.5 Å². The average molecular weight is 276 g/mol. The van der Waals surface area contributed by atoms with Crippen LogP contribution in [0.1, 0.15) is 43.4 Å². The van der Waals surface area contributed by atoms with Gasteiger partial charge in [0.15, 0.2) is 11.6 Å². The lowest BCUT2D eigenvalue weighted by Gasteiger charge is -2.18. The highest BCUT2D eigenvalue weighted by Gasteiger charge is 2.40. The molecule has 0 radical (unpaired) electrons. The number of benzene rings is 1. The Morgan fingerprint density at radius 2 is 1.95 bits per heavy atom. The Bertz CT molecular complexity index is 589. The fraction of sp³-hybridized carbons (Fsp3) is 0.529. The SMILES string of the molecule is CC1CCC2C(c3ccc(C4CO4)c(F)c3F)=CCC12. The Morgan fingerprint density at radius 3 is 2.70 bits per heavy atom. The van der Waals surface area contributed by atoms with E-state index >= 15 is 0 Å². The van der Waals surface area contributed by atoms with Crippen molar-refractivity contribution in [1.82, 2.24) is 0 Å². The van der Waals surface area contributed by atoms with Gasteiger partial charge in [0.05, 0.1) is 6.61 Å². The van der Waals surface area contributed by atoms with Gasteiger partial charge in [-0.3, -0.25) is 0 Å². The molecule has 1 aromatic rings. The molecular formula is C17H18F2O. The van der Waals surface area contributed by atoms with Crippen LogP contribution < -0.4 is 0 Å². The molecule has 0 N–H and O–H groups in total. The van der Waals surface area contributed by atoms with Gasteiger partial charge in [-0.2, -0.15) is 0 Å². The van der Waals surface area contributed by atoms with Crippen LogP contribution in [-0.4, -0.2) is 6.61 Å². The maximum Gasteiger partial charge on any atom is 0.166 e. The van der Waals surface area contributed by atoms with Crippen molar-refractivity contribution < 1.29 is 13.5 Å². The predicted molar refractivity (Wildman–Crippen MR) is 73.0 cm³/mol. The summed E-state index contributed by atoms with van der Waals surface area (Å²) in [4.78, 5) is 0. The molecule has 0 amide bonds. The molecule has 20 heavy (non-hydrogen) atoms. The first-order valence-corrected chi connectivity index (χ1v) is 7.46. The third-order valence-electron chi connectivity index (χ3n) is 5.29. The summed E-state index contributed by atoms with van der Waals surface area (Å²) in [5, 5.41) is 0. The minimum absolute atomic E-state index is 0.240. The van der Waals surface area contributed by atoms with Crippen LogP contribution in [0, 0.1) is 29.4 Å². The van der Waals surface area contributed by atoms with Crippen molar-refractivity contribution in [3.63, 3.8) is 0 Å². The van der Waals surface area contributed by atoms with Crippen molar-refractivity contribution in [2.45, 2.75) is 32.3 Å². The molecule has 1 saturated heterocycles. The van der Waals surface area contributed by atoms with Crippen LogP contribution in [0.2, 0.25) is 0 Å². The molecule has 1 nitrogen and oxygen atoms in total. The molecule has 3 aliphatic rings. The van der Waals surface area contributed by atoms with Gasteiger partial charge in [-0.05, 0) is 42.6 Å². The van der Waals surface area contributed by atoms with E-state index in [-0.39, 0.29) is 6.10 Å². The van der Waals surface area contributed by atoms with Gasteiger partial charge in [0, 0.05) is 11.1 Å². The summed E-state index contributed by atoms with van der Waals surface area (Å²) in [5.41, 5.74) is 1.86. The van der Waals surface area contributed by atoms with Crippen LogP contribution in [0.25, 0.3) is 5.57 Å². The van der Waals surface area contributed by atoms with Gasteiger partial charge in [-0.1, -0.05) is 25.1 Å². The lowest BCUT2D eigenvalue weighted by molar-refractivity contribution is 0.396. The van der Waals surface area contributed by atoms with E-state index in [1.54, 1.807) is 12.1 Å². The minimum Gasteiger partial charge on any atom is -0.368 e. The fourth-order valence-corrected chi connectivity index (χ4v) is 4.04. The van der Waals surface area contributed by atoms with Gasteiger partial charge in [0.2, 0.25) is 0 Å². The highest BCUT2D eigenvalue weighted by atomic mass is 19.2. The quantitative estimate of drug-likeness (QED) is 0.725. The molecule has 4 rings (SSSR count). The summed E-state index contributed by atoms with van der Waals surface area (Å²) < 4.78 is 33.6. The summed E-state index contributed by atoms with van der Waals surface area (Å²) in [7, 11) is 0. The van der Waals surface area contributed by atoms with Crippen molar-refractivity contribution in [1.29, 1.82) is 0 Å². The van der Waals surface area contributed by atoms with E-state index in [0.717, 1.165) is 18.4 Å². The number of epoxide rings is 1. The van der Waals surface area contributed by atoms with Crippen LogP contribution in [0.4, 0.5) is 8.78 Å². The molecule has 2 aliphatic carbocycles. The average Bonchev–Trinajstić information content (AvgIpc) is 3.08. The Kier molecular flexibility index (Phi) is 2.75. The first kappa shape index (κ1) is 12.5. The van der Waals surface area contributed by atoms with Crippen molar-refractivity contribution in [2.24, 2.45) is 17.8 Å². The Labute approximate surface area is 117 Å². The van der Waals surface area contributed by atoms with Crippen molar-refractivity contribution >= 4 is 5.57 Å². The molecule has 0 spiro atoms. The van der Waals surface area contributed by atoms with Gasteiger partial charge in [-0.25, -0.2) is 8.78 Å². The van der Waals surface area contributed by atoms with E-state index in [1.807, 2.05) is 0 Å². The maximum absolute atomic E-state index is 14.4. The van der Waals surface area contributed by atoms with E-state index < -0.39 is 11.6 Å². The number of hydrogen-bond donors (Lipinski definition) is 0. The molecule has 1 aliphatic heterocycles. The van der Waals surface area contributed by atoms with Gasteiger partial charge in [0.1, 0.15) is 6.10 Å². The largest absolute Gasteiger partial charge is 0.368 e. The zero-order chi connectivity index (χ0) is 13.9. The van der Waals surface area contributed by atoms with Crippen LogP contribution in [0.5, 0.6) is 0 Å². The molecule has 1 heterocycles. The molecule has 4 atom stereocenters. The Hall–Kier alpha value is -1.22. The monoisotopic (exact) mass is 276 g/mol. The molecule has 0 bridgehead atoms. The summed E-state index contributed by atoms with van der Waals surface area (Å²) in [6, 6.07) is 3.44. The second-order valence-corrected chi connectivity index (χ2v) is 6.37. The molecule has 1 saturated carbocycles. The van der Waals surface area contributed by atoms with Gasteiger partial charge >= 0.3 is 0 Å². The first-order valence-electron chi connectivity index (χ1n) is 7.46. The van der Waals surface area contributed by atoms with Crippen LogP contribution in [0.3, 0.4) is 0 Å². The molecule has 1 aromatic carbocycles. The molecule has 2 fully saturated rings. The van der Waals surface area contributed by atoms with Gasteiger partial charge < -0.3 is 4.74 Å². The number of rotatable bonds is 2. The van der Waals surface area contributed by atoms with Crippen molar-refractivity contribution in [3.05, 3.63) is 41.0 Å². The highest BCUT2D eigenvalue weighted by molar-refractivity contribution is 5.71. The number of halogens is 2. The van der Waals surface area contributed by atoms with Crippen LogP contribution in [0.15, 0.2) is 18.2 Å². The number of hydrogen-bond acceptors (Lipinski definition) is 1. The van der Waals surface area contributed by atoms with Gasteiger partial charge in [-0.15, -0.1) is 0 Å². The minimum atomic E-state index is -0.722. The third kappa shape index (κ3) is 1.76. The zero-order valence-electron chi connectivity index (χ0n) is 11.5. The standard InChI is InChI=1S/C17H18F2O/c1-9-2-3-11-10(9)4-5-12(11)13-6-7-14(15-8-20-15)17(19)16(13)18/h5-7,9-11,15H,2-4,8H2,1H3. The van der Waals surface area contributed by atoms with E-state index in [4.69, 9.17) is 4.74 Å².